The normalized spacial score (nSPS) is 10.7. The molecule has 1 aromatic rings. The van der Waals surface area contributed by atoms with E-state index < -0.39 is 0 Å². The molecule has 12 heavy (non-hydrogen) atoms. The van der Waals surface area contributed by atoms with Gasteiger partial charge < -0.3 is 5.32 Å². The molecule has 0 bridgehead atoms. The molecule has 0 aliphatic heterocycles. The highest BCUT2D eigenvalue weighted by atomic mass is 32.2. The van der Waals surface area contributed by atoms with E-state index >= 15 is 0 Å². The molecule has 0 saturated carbocycles. The molecule has 0 amide bonds. The number of nitrogens with one attached hydrogen (secondary N) is 1. The third-order valence-electron chi connectivity index (χ3n) is 1.09. The van der Waals surface area contributed by atoms with Crippen LogP contribution in [0.25, 0.3) is 0 Å². The first-order valence-electron chi connectivity index (χ1n) is 3.95. The Hall–Kier alpha value is -0.290. The van der Waals surface area contributed by atoms with Crippen molar-refractivity contribution in [2.45, 2.75) is 31.2 Å². The van der Waals surface area contributed by atoms with Crippen LogP contribution in [0.3, 0.4) is 0 Å². The van der Waals surface area contributed by atoms with E-state index in [1.165, 1.54) is 0 Å². The van der Waals surface area contributed by atoms with Crippen molar-refractivity contribution in [2.24, 2.45) is 0 Å². The van der Waals surface area contributed by atoms with Crippen LogP contribution in [0.1, 0.15) is 20.8 Å². The second-order valence-corrected chi connectivity index (χ2v) is 5.09. The molecule has 3 nitrogen and oxygen atoms in total. The third-order valence-corrected chi connectivity index (χ3v) is 2.96. The summed E-state index contributed by atoms with van der Waals surface area (Å²) in [7, 11) is 0. The van der Waals surface area contributed by atoms with Crippen LogP contribution in [-0.2, 0) is 0 Å². The molecule has 5 heteroatoms. The average molecular weight is 203 g/mol. The first kappa shape index (κ1) is 9.80. The van der Waals surface area contributed by atoms with Gasteiger partial charge in [0.15, 0.2) is 4.34 Å². The van der Waals surface area contributed by atoms with Gasteiger partial charge in [-0.1, -0.05) is 30.0 Å². The lowest BCUT2D eigenvalue weighted by molar-refractivity contribution is 0.883. The van der Waals surface area contributed by atoms with E-state index in [-0.39, 0.29) is 0 Å². The Morgan fingerprint density at radius 1 is 1.50 bits per heavy atom. The lowest BCUT2D eigenvalue weighted by atomic mass is 10.4. The molecular formula is C7H13N3S2. The Kier molecular flexibility index (Phi) is 3.81. The maximum Gasteiger partial charge on any atom is 0.206 e. The van der Waals surface area contributed by atoms with Crippen molar-refractivity contribution in [1.82, 2.24) is 10.2 Å². The molecule has 0 atom stereocenters. The van der Waals surface area contributed by atoms with Crippen molar-refractivity contribution in [3.05, 3.63) is 0 Å². The Bertz CT molecular complexity index is 234. The highest BCUT2D eigenvalue weighted by Gasteiger charge is 2.03. The summed E-state index contributed by atoms with van der Waals surface area (Å²) < 4.78 is 1.04. The van der Waals surface area contributed by atoms with Gasteiger partial charge in [0.25, 0.3) is 0 Å². The van der Waals surface area contributed by atoms with Crippen molar-refractivity contribution >= 4 is 28.2 Å². The molecule has 0 unspecified atom stereocenters. The smallest absolute Gasteiger partial charge is 0.206 e. The zero-order valence-electron chi connectivity index (χ0n) is 7.50. The minimum Gasteiger partial charge on any atom is -0.358 e. The number of aromatic nitrogens is 2. The summed E-state index contributed by atoms with van der Waals surface area (Å²) in [6.07, 6.45) is 0. The lowest BCUT2D eigenvalue weighted by Crippen LogP contribution is -2.08. The molecule has 0 aliphatic rings. The molecule has 0 radical (unpaired) electrons. The van der Waals surface area contributed by atoms with E-state index in [1.807, 2.05) is 0 Å². The van der Waals surface area contributed by atoms with Crippen LogP contribution in [-0.4, -0.2) is 22.0 Å². The number of thioether (sulfide) groups is 1. The number of nitrogens with zero attached hydrogens (tertiary/aromatic N) is 2. The van der Waals surface area contributed by atoms with Gasteiger partial charge in [0, 0.05) is 6.04 Å². The number of anilines is 1. The minimum atomic E-state index is 0.428. The highest BCUT2D eigenvalue weighted by Crippen LogP contribution is 2.25. The summed E-state index contributed by atoms with van der Waals surface area (Å²) in [5, 5.41) is 12.2. The lowest BCUT2D eigenvalue weighted by Gasteiger charge is -2.02. The summed E-state index contributed by atoms with van der Waals surface area (Å²) in [6, 6.07) is 0.428. The van der Waals surface area contributed by atoms with Crippen LogP contribution < -0.4 is 5.32 Å². The van der Waals surface area contributed by atoms with E-state index in [2.05, 4.69) is 36.3 Å². The van der Waals surface area contributed by atoms with Crippen LogP contribution >= 0.6 is 23.1 Å². The van der Waals surface area contributed by atoms with E-state index in [4.69, 9.17) is 0 Å². The number of rotatable bonds is 4. The van der Waals surface area contributed by atoms with Gasteiger partial charge in [-0.15, -0.1) is 10.2 Å². The zero-order valence-corrected chi connectivity index (χ0v) is 9.13. The number of hydrogen-bond acceptors (Lipinski definition) is 5. The molecular weight excluding hydrogens is 190 g/mol. The molecule has 1 rings (SSSR count). The van der Waals surface area contributed by atoms with Crippen molar-refractivity contribution in [2.75, 3.05) is 11.1 Å². The SMILES string of the molecule is CCSc1nnc(NC(C)C)s1. The Balaban J connectivity index is 2.52. The molecule has 0 aromatic carbocycles. The summed E-state index contributed by atoms with van der Waals surface area (Å²) in [6.45, 7) is 6.30. The van der Waals surface area contributed by atoms with Gasteiger partial charge in [-0.05, 0) is 19.6 Å². The van der Waals surface area contributed by atoms with Crippen molar-refractivity contribution in [3.8, 4) is 0 Å². The maximum absolute atomic E-state index is 4.03. The van der Waals surface area contributed by atoms with E-state index in [9.17, 15) is 0 Å². The summed E-state index contributed by atoms with van der Waals surface area (Å²) in [4.78, 5) is 0. The van der Waals surface area contributed by atoms with Crippen molar-refractivity contribution in [1.29, 1.82) is 0 Å². The van der Waals surface area contributed by atoms with Gasteiger partial charge in [0.05, 0.1) is 0 Å². The number of hydrogen-bond donors (Lipinski definition) is 1. The van der Waals surface area contributed by atoms with Crippen LogP contribution in [0, 0.1) is 0 Å². The maximum atomic E-state index is 4.03. The predicted molar refractivity (Wildman–Crippen MR) is 55.1 cm³/mol. The van der Waals surface area contributed by atoms with Crippen molar-refractivity contribution < 1.29 is 0 Å². The third kappa shape index (κ3) is 2.98. The largest absolute Gasteiger partial charge is 0.358 e. The Morgan fingerprint density at radius 3 is 2.83 bits per heavy atom. The summed E-state index contributed by atoms with van der Waals surface area (Å²) >= 11 is 3.34. The molecule has 0 aliphatic carbocycles. The molecule has 68 valence electrons. The van der Waals surface area contributed by atoms with E-state index in [1.54, 1.807) is 23.1 Å². The molecule has 0 spiro atoms. The topological polar surface area (TPSA) is 37.8 Å². The van der Waals surface area contributed by atoms with Gasteiger partial charge in [0.2, 0.25) is 5.13 Å². The molecule has 1 heterocycles. The quantitative estimate of drug-likeness (QED) is 0.763. The fraction of sp³-hybridized carbons (Fsp3) is 0.714. The van der Waals surface area contributed by atoms with Gasteiger partial charge in [0.1, 0.15) is 0 Å². The van der Waals surface area contributed by atoms with Crippen LogP contribution in [0.5, 0.6) is 0 Å². The Labute approximate surface area is 81.0 Å². The van der Waals surface area contributed by atoms with Crippen LogP contribution in [0.2, 0.25) is 0 Å². The minimum absolute atomic E-state index is 0.428. The summed E-state index contributed by atoms with van der Waals surface area (Å²) in [5.74, 6) is 1.05. The standard InChI is InChI=1S/C7H13N3S2/c1-4-11-7-10-9-6(12-7)8-5(2)3/h5H,4H2,1-3H3,(H,8,9). The molecule has 0 saturated heterocycles. The first-order valence-corrected chi connectivity index (χ1v) is 5.75. The zero-order chi connectivity index (χ0) is 8.97. The van der Waals surface area contributed by atoms with Gasteiger partial charge >= 0.3 is 0 Å². The predicted octanol–water partition coefficient (Wildman–Crippen LogP) is 2.47. The van der Waals surface area contributed by atoms with E-state index in [0.717, 1.165) is 15.2 Å². The highest BCUT2D eigenvalue weighted by molar-refractivity contribution is 8.01. The van der Waals surface area contributed by atoms with Crippen molar-refractivity contribution in [3.63, 3.8) is 0 Å². The average Bonchev–Trinajstić information content (AvgIpc) is 2.36. The van der Waals surface area contributed by atoms with E-state index in [0.29, 0.717) is 6.04 Å². The second kappa shape index (κ2) is 4.67. The molecule has 1 N–H and O–H groups in total. The van der Waals surface area contributed by atoms with Gasteiger partial charge in [-0.2, -0.15) is 0 Å². The van der Waals surface area contributed by atoms with Crippen LogP contribution in [0.15, 0.2) is 4.34 Å². The second-order valence-electron chi connectivity index (χ2n) is 2.61. The first-order chi connectivity index (χ1) is 5.72. The molecule has 1 aromatic heterocycles. The Morgan fingerprint density at radius 2 is 2.25 bits per heavy atom. The fourth-order valence-corrected chi connectivity index (χ4v) is 2.49. The van der Waals surface area contributed by atoms with Crippen LogP contribution in [0.4, 0.5) is 5.13 Å². The van der Waals surface area contributed by atoms with Gasteiger partial charge in [-0.25, -0.2) is 0 Å². The monoisotopic (exact) mass is 203 g/mol. The fourth-order valence-electron chi connectivity index (χ4n) is 0.697. The van der Waals surface area contributed by atoms with Gasteiger partial charge in [-0.3, -0.25) is 0 Å². The summed E-state index contributed by atoms with van der Waals surface area (Å²) in [5.41, 5.74) is 0. The molecule has 0 fully saturated rings.